The predicted octanol–water partition coefficient (Wildman–Crippen LogP) is -1.95. The second-order valence-corrected chi connectivity index (χ2v) is 28.6. The van der Waals surface area contributed by atoms with Gasteiger partial charge in [0.1, 0.15) is 61.4 Å². The number of pyridine rings is 1. The number of aryl methyl sites for hydroxylation is 1. The summed E-state index contributed by atoms with van der Waals surface area (Å²) >= 11 is 1.80. The molecule has 5 aromatic rings. The average molecular weight is 1630 g/mol. The van der Waals surface area contributed by atoms with Gasteiger partial charge < -0.3 is 118 Å². The van der Waals surface area contributed by atoms with E-state index in [9.17, 15) is 72.9 Å². The highest BCUT2D eigenvalue weighted by Gasteiger charge is 2.35. The quantitative estimate of drug-likeness (QED) is 0.0149. The molecule has 2 aromatic heterocycles. The molecule has 9 atom stereocenters. The summed E-state index contributed by atoms with van der Waals surface area (Å²) in [6.45, 7) is 1.55. The molecule has 608 valence electrons. The van der Waals surface area contributed by atoms with Crippen LogP contribution in [0, 0.1) is 0 Å². The number of aliphatic hydroxyl groups is 2. The van der Waals surface area contributed by atoms with Crippen molar-refractivity contribution in [2.75, 3.05) is 50.8 Å². The summed E-state index contributed by atoms with van der Waals surface area (Å²) < 4.78 is 2.13. The van der Waals surface area contributed by atoms with E-state index in [1.807, 2.05) is 0 Å². The van der Waals surface area contributed by atoms with Gasteiger partial charge in [-0.3, -0.25) is 52.7 Å². The molecule has 0 radical (unpaired) electrons. The smallest absolute Gasteiger partial charge is 0.326 e. The fourth-order valence-electron chi connectivity index (χ4n) is 12.6. The number of para-hydroxylation sites is 3. The van der Waals surface area contributed by atoms with Crippen molar-refractivity contribution in [3.8, 4) is 0 Å². The molecule has 1 aliphatic rings. The van der Waals surface area contributed by atoms with Gasteiger partial charge in [-0.2, -0.15) is 0 Å². The number of hydrogen-bond acceptors (Lipinski definition) is 19. The van der Waals surface area contributed by atoms with Crippen LogP contribution < -0.4 is 103 Å². The van der Waals surface area contributed by atoms with Crippen molar-refractivity contribution < 1.29 is 94.4 Å². The first-order valence-electron chi connectivity index (χ1n) is 37.9. The molecule has 1 aliphatic heterocycles. The highest BCUT2D eigenvalue weighted by atomic mass is 79.9. The average Bonchev–Trinajstić information content (AvgIpc) is 1.70. The van der Waals surface area contributed by atoms with Gasteiger partial charge >= 0.3 is 5.97 Å². The number of nitrogens with two attached hydrogens (primary N) is 4. The van der Waals surface area contributed by atoms with Gasteiger partial charge in [-0.1, -0.05) is 92.8 Å². The lowest BCUT2D eigenvalue weighted by Crippen LogP contribution is -3.00. The molecule has 34 heteroatoms. The molecule has 0 saturated carbocycles. The number of carboxylic acids is 1. The van der Waals surface area contributed by atoms with Gasteiger partial charge in [0.05, 0.1) is 35.9 Å². The van der Waals surface area contributed by atoms with Crippen LogP contribution >= 0.6 is 11.8 Å². The van der Waals surface area contributed by atoms with Crippen molar-refractivity contribution in [1.82, 2.24) is 58.2 Å². The summed E-state index contributed by atoms with van der Waals surface area (Å²) in [4.78, 5) is 168. The summed E-state index contributed by atoms with van der Waals surface area (Å²) in [6, 6.07) is 13.2. The molecule has 22 N–H and O–H groups in total. The zero-order chi connectivity index (χ0) is 80.1. The number of rotatable bonds is 51. The van der Waals surface area contributed by atoms with Crippen molar-refractivity contribution in [2.45, 2.75) is 208 Å². The van der Waals surface area contributed by atoms with Crippen LogP contribution in [0.25, 0.3) is 27.9 Å². The van der Waals surface area contributed by atoms with Crippen LogP contribution in [-0.4, -0.2) is 192 Å². The summed E-state index contributed by atoms with van der Waals surface area (Å²) in [7, 11) is 2.06. The highest BCUT2D eigenvalue weighted by molar-refractivity contribution is 8.03. The largest absolute Gasteiger partial charge is 1.00 e. The number of carbonyl (C=O) groups is 12. The van der Waals surface area contributed by atoms with E-state index in [1.165, 1.54) is 45.9 Å². The van der Waals surface area contributed by atoms with Crippen molar-refractivity contribution >= 4 is 116 Å². The molecule has 111 heavy (non-hydrogen) atoms. The number of halogens is 1. The van der Waals surface area contributed by atoms with Gasteiger partial charge in [0.2, 0.25) is 70.5 Å². The van der Waals surface area contributed by atoms with Crippen LogP contribution in [0.3, 0.4) is 0 Å². The van der Waals surface area contributed by atoms with Crippen molar-refractivity contribution in [2.24, 2.45) is 30.0 Å². The SMILES string of the molecule is C[C@H](NC(=O)[C@H](CCCCN)NC(=O)CCCCCCCCCCN1/C(=C\c2cc[n+](C)c3ccccc23)Sc2ccccc21)C(=O)N[C@@H](CCC(N)=O)C(=O)N[C@@H](CO)C(=O)N[C@@H](Cc1c[nH]c2ccccc12)C(=O)NCC(=O)N[C@@H](CCCCN)C(=O)N[C@@H](CO)C(=O)N[C@@H](C)C(=O)N[C@@H](CCCCN)C(=O)O.[Br-]. The number of fused-ring (bicyclic) bond motifs is 3. The number of anilines is 1. The van der Waals surface area contributed by atoms with E-state index >= 15 is 0 Å². The lowest BCUT2D eigenvalue weighted by Gasteiger charge is -2.26. The van der Waals surface area contributed by atoms with Crippen LogP contribution in [0.15, 0.2) is 101 Å². The highest BCUT2D eigenvalue weighted by Crippen LogP contribution is 2.47. The Balaban J connectivity index is 0.0000220. The predicted molar refractivity (Wildman–Crippen MR) is 417 cm³/mol. The Hall–Kier alpha value is -9.58. The summed E-state index contributed by atoms with van der Waals surface area (Å²) in [5.74, 6) is -11.0. The third kappa shape index (κ3) is 30.2. The monoisotopic (exact) mass is 1630 g/mol. The summed E-state index contributed by atoms with van der Waals surface area (Å²) in [5.41, 5.74) is 27.2. The molecule has 0 aliphatic carbocycles. The van der Waals surface area contributed by atoms with Gasteiger partial charge in [0.25, 0.3) is 0 Å². The van der Waals surface area contributed by atoms with Gasteiger partial charge in [-0.05, 0) is 152 Å². The number of aromatic amines is 1. The number of benzene rings is 3. The Kier molecular flexibility index (Phi) is 40.6. The van der Waals surface area contributed by atoms with E-state index in [2.05, 4.69) is 142 Å². The van der Waals surface area contributed by atoms with Gasteiger partial charge in [0, 0.05) is 59.9 Å². The van der Waals surface area contributed by atoms with E-state index in [0.29, 0.717) is 68.1 Å². The number of nitrogens with zero attached hydrogens (tertiary/aromatic N) is 2. The molecule has 0 spiro atoms. The van der Waals surface area contributed by atoms with Crippen LogP contribution in [0.5, 0.6) is 0 Å². The third-order valence-corrected chi connectivity index (χ3v) is 20.0. The normalized spacial score (nSPS) is 14.5. The van der Waals surface area contributed by atoms with E-state index < -0.39 is 152 Å². The molecule has 11 amide bonds. The summed E-state index contributed by atoms with van der Waals surface area (Å²) in [6.07, 6.45) is 15.6. The van der Waals surface area contributed by atoms with Crippen LogP contribution in [-0.2, 0) is 71.0 Å². The van der Waals surface area contributed by atoms with E-state index in [1.54, 1.807) is 42.2 Å². The second kappa shape index (κ2) is 48.9. The molecule has 6 rings (SSSR count). The number of unbranched alkanes of at least 4 members (excludes halogenated alkanes) is 10. The van der Waals surface area contributed by atoms with Crippen molar-refractivity contribution in [1.29, 1.82) is 0 Å². The lowest BCUT2D eigenvalue weighted by atomic mass is 10.0. The van der Waals surface area contributed by atoms with Crippen LogP contribution in [0.4, 0.5) is 5.69 Å². The first-order valence-corrected chi connectivity index (χ1v) is 38.7. The van der Waals surface area contributed by atoms with Crippen LogP contribution in [0.1, 0.15) is 153 Å². The number of thioether (sulfide) groups is 1. The molecule has 3 heterocycles. The van der Waals surface area contributed by atoms with Gasteiger partial charge in [0.15, 0.2) is 6.20 Å². The maximum atomic E-state index is 14.2. The topological polar surface area (TPSA) is 513 Å². The Labute approximate surface area is 661 Å². The number of H-pyrrole nitrogens is 1. The Morgan fingerprint density at radius 2 is 0.982 bits per heavy atom. The minimum Gasteiger partial charge on any atom is -1.00 e. The number of carbonyl (C=O) groups excluding carboxylic acids is 11. The number of nitrogens with one attached hydrogen (secondary N) is 11. The van der Waals surface area contributed by atoms with E-state index in [4.69, 9.17) is 22.9 Å². The number of amides is 11. The molecule has 0 bridgehead atoms. The Morgan fingerprint density at radius 1 is 0.505 bits per heavy atom. The summed E-state index contributed by atoms with van der Waals surface area (Å²) in [5, 5.41) is 58.1. The fourth-order valence-corrected chi connectivity index (χ4v) is 13.7. The number of aromatic nitrogens is 2. The lowest BCUT2D eigenvalue weighted by molar-refractivity contribution is -0.644. The number of aliphatic hydroxyl groups excluding tert-OH is 2. The molecule has 0 unspecified atom stereocenters. The number of primary amides is 1. The maximum Gasteiger partial charge on any atom is 0.326 e. The minimum atomic E-state index is -1.81. The molecular formula is C77H112BrN17O15S. The third-order valence-electron chi connectivity index (χ3n) is 18.9. The number of carboxylic acid groups (broad SMARTS) is 1. The number of hydrogen-bond donors (Lipinski definition) is 18. The number of aliphatic carboxylic acids is 1. The van der Waals surface area contributed by atoms with Crippen molar-refractivity contribution in [3.05, 3.63) is 107 Å². The van der Waals surface area contributed by atoms with E-state index in [-0.39, 0.29) is 68.0 Å². The van der Waals surface area contributed by atoms with Crippen LogP contribution in [0.2, 0.25) is 0 Å². The molecule has 0 fully saturated rings. The molecular weight excluding hydrogens is 1510 g/mol. The Morgan fingerprint density at radius 3 is 1.57 bits per heavy atom. The first-order chi connectivity index (χ1) is 52.9. The second-order valence-electron chi connectivity index (χ2n) is 27.5. The standard InChI is InChI=1S/C77H111N17O15S.BrH/c1-48(84-72(103)55(27-17-20-37-78)86-66(98)33-10-8-6-4-5-7-9-23-40-94-63-31-15-16-32-64(63)110-68(94)43-50-36-41-93(3)62-30-14-12-25-53(50)62)69(100)88-57(34-35-65(81)97)74(105)92-61(47-96)76(107)90-59(42-51-44-82-54-26-13-11-24-52(51)54)71(102)83-45-67(99)87-56(28-18-21-38-79)73(104)91-60(46-95)75(106)85-49(2)70(101)89-58(77(108)109)29-19-22-39-80;/h11-16,24-26,30-32,36,41,43-44,48-49,55-61,82,95-96H,4-10,17-23,27-29,33-35,37-40,42,45-47,78-80H2,1-3H3,(H12-,81,83,84,85,86,87,88,89,90,91,92,97,98,99,100,101,102,103,104,105,106,107,108,109);1H/t48-,49-,55-,56-,57-,58-,59-,60-,61-;/m0./s1. The zero-order valence-corrected chi connectivity index (χ0v) is 65.9. The molecule has 3 aromatic carbocycles. The van der Waals surface area contributed by atoms with Gasteiger partial charge in [-0.15, -0.1) is 0 Å². The van der Waals surface area contributed by atoms with E-state index in [0.717, 1.165) is 51.5 Å². The Bertz CT molecular complexity index is 3960. The zero-order valence-electron chi connectivity index (χ0n) is 63.5. The minimum absolute atomic E-state index is 0. The maximum absolute atomic E-state index is 14.2. The fraction of sp³-hybridized carbons (Fsp3) is 0.519. The molecule has 32 nitrogen and oxygen atoms in total. The molecule has 0 saturated heterocycles. The van der Waals surface area contributed by atoms with Gasteiger partial charge in [-0.25, -0.2) is 9.36 Å². The van der Waals surface area contributed by atoms with Crippen molar-refractivity contribution in [3.63, 3.8) is 0 Å². The first kappa shape index (κ1) is 92.0.